The topological polar surface area (TPSA) is 0 Å². The van der Waals surface area contributed by atoms with Crippen LogP contribution in [0.3, 0.4) is 0 Å². The molecule has 0 spiro atoms. The van der Waals surface area contributed by atoms with Gasteiger partial charge in [0.25, 0.3) is 0 Å². The summed E-state index contributed by atoms with van der Waals surface area (Å²) in [5.41, 5.74) is 6.31. The highest BCUT2D eigenvalue weighted by Gasteiger charge is 2.19. The van der Waals surface area contributed by atoms with E-state index in [1.165, 1.54) is 5.67 Å². The standard InChI is InChI=1S/C5H10Si2/c1-7(2)4-3-6-5-7/h3-4H,5H2,1-2H3. The molecule has 7 heavy (non-hydrogen) atoms. The lowest BCUT2D eigenvalue weighted by Gasteiger charge is -2.08. The largest absolute Gasteiger partial charge is 0.107 e. The van der Waals surface area contributed by atoms with Gasteiger partial charge in [-0.1, -0.05) is 18.8 Å². The Labute approximate surface area is 48.5 Å². The summed E-state index contributed by atoms with van der Waals surface area (Å²) in [6.07, 6.45) is 0. The molecule has 0 nitrogen and oxygen atoms in total. The fraction of sp³-hybridized carbons (Fsp3) is 0.600. The van der Waals surface area contributed by atoms with Crippen LogP contribution in [-0.2, 0) is 0 Å². The molecule has 0 aromatic heterocycles. The molecule has 0 saturated carbocycles. The molecule has 0 amide bonds. The minimum absolute atomic E-state index is 0.708. The van der Waals surface area contributed by atoms with E-state index in [0.717, 1.165) is 9.52 Å². The van der Waals surface area contributed by atoms with Crippen molar-refractivity contribution in [2.24, 2.45) is 0 Å². The minimum Gasteiger partial charge on any atom is -0.107 e. The van der Waals surface area contributed by atoms with Gasteiger partial charge < -0.3 is 0 Å². The van der Waals surface area contributed by atoms with Crippen LogP contribution in [0.4, 0.5) is 0 Å². The lowest BCUT2D eigenvalue weighted by atomic mass is 11.2. The highest BCUT2D eigenvalue weighted by molar-refractivity contribution is 6.92. The molecular weight excluding hydrogens is 116 g/mol. The first-order valence-electron chi connectivity index (χ1n) is 2.62. The second-order valence-corrected chi connectivity index (χ2v) is 9.17. The van der Waals surface area contributed by atoms with E-state index in [-0.39, 0.29) is 0 Å². The highest BCUT2D eigenvalue weighted by Crippen LogP contribution is 2.14. The van der Waals surface area contributed by atoms with Crippen molar-refractivity contribution in [1.82, 2.24) is 0 Å². The summed E-state index contributed by atoms with van der Waals surface area (Å²) in [5.74, 6) is 0. The van der Waals surface area contributed by atoms with Crippen LogP contribution in [0.1, 0.15) is 0 Å². The van der Waals surface area contributed by atoms with E-state index in [4.69, 9.17) is 0 Å². The maximum atomic E-state index is 2.45. The van der Waals surface area contributed by atoms with Gasteiger partial charge in [-0.05, 0) is 0 Å². The summed E-state index contributed by atoms with van der Waals surface area (Å²) in [7, 11) is 0.433. The monoisotopic (exact) mass is 126 g/mol. The van der Waals surface area contributed by atoms with Crippen molar-refractivity contribution in [3.05, 3.63) is 11.4 Å². The zero-order valence-electron chi connectivity index (χ0n) is 4.86. The van der Waals surface area contributed by atoms with Crippen molar-refractivity contribution in [2.45, 2.75) is 18.8 Å². The third kappa shape index (κ3) is 1.28. The molecule has 0 fully saturated rings. The Bertz CT molecular complexity index is 94.3. The van der Waals surface area contributed by atoms with Crippen molar-refractivity contribution in [2.75, 3.05) is 0 Å². The van der Waals surface area contributed by atoms with Gasteiger partial charge in [0.15, 0.2) is 0 Å². The van der Waals surface area contributed by atoms with Gasteiger partial charge in [-0.2, -0.15) is 0 Å². The molecule has 0 N–H and O–H groups in total. The van der Waals surface area contributed by atoms with Crippen LogP contribution >= 0.6 is 0 Å². The molecule has 0 aliphatic carbocycles. The molecular formula is C5H10Si2. The zero-order chi connectivity index (χ0) is 5.33. The Hall–Kier alpha value is 0.174. The smallest absolute Gasteiger partial charge is 0.0681 e. The quantitative estimate of drug-likeness (QED) is 0.431. The third-order valence-corrected chi connectivity index (χ3v) is 7.48. The van der Waals surface area contributed by atoms with E-state index >= 15 is 0 Å². The van der Waals surface area contributed by atoms with Crippen molar-refractivity contribution < 1.29 is 0 Å². The molecule has 0 bridgehead atoms. The average molecular weight is 126 g/mol. The fourth-order valence-corrected chi connectivity index (χ4v) is 5.99. The van der Waals surface area contributed by atoms with Crippen molar-refractivity contribution >= 4 is 17.6 Å². The predicted octanol–water partition coefficient (Wildman–Crippen LogP) is 1.42. The second kappa shape index (κ2) is 1.60. The molecule has 38 valence electrons. The molecule has 0 unspecified atom stereocenters. The van der Waals surface area contributed by atoms with Crippen LogP contribution in [0, 0.1) is 0 Å². The molecule has 0 saturated heterocycles. The molecule has 2 heteroatoms. The van der Waals surface area contributed by atoms with E-state index in [0.29, 0.717) is 0 Å². The van der Waals surface area contributed by atoms with E-state index < -0.39 is 8.07 Å². The average Bonchev–Trinajstić information content (AvgIpc) is 1.84. The van der Waals surface area contributed by atoms with E-state index in [9.17, 15) is 0 Å². The minimum atomic E-state index is -0.708. The Morgan fingerprint density at radius 3 is 2.43 bits per heavy atom. The van der Waals surface area contributed by atoms with E-state index in [2.05, 4.69) is 24.5 Å². The summed E-state index contributed by atoms with van der Waals surface area (Å²) in [6.45, 7) is 4.84. The summed E-state index contributed by atoms with van der Waals surface area (Å²) < 4.78 is 0. The molecule has 1 aliphatic rings. The Balaban J connectivity index is 2.57. The molecule has 1 heterocycles. The van der Waals surface area contributed by atoms with Crippen LogP contribution in [0.25, 0.3) is 0 Å². The molecule has 1 aliphatic heterocycles. The van der Waals surface area contributed by atoms with Crippen molar-refractivity contribution in [3.63, 3.8) is 0 Å². The van der Waals surface area contributed by atoms with Gasteiger partial charge in [-0.25, -0.2) is 0 Å². The number of rotatable bonds is 0. The van der Waals surface area contributed by atoms with Crippen LogP contribution in [0.5, 0.6) is 0 Å². The molecule has 2 radical (unpaired) electrons. The van der Waals surface area contributed by atoms with Gasteiger partial charge in [0.2, 0.25) is 0 Å². The third-order valence-electron chi connectivity index (χ3n) is 1.21. The first kappa shape index (κ1) is 5.31. The Morgan fingerprint density at radius 2 is 2.29 bits per heavy atom. The summed E-state index contributed by atoms with van der Waals surface area (Å²) in [4.78, 5) is 0. The van der Waals surface area contributed by atoms with E-state index in [1.807, 2.05) is 0 Å². The number of hydrogen-bond acceptors (Lipinski definition) is 0. The first-order chi connectivity index (χ1) is 3.21. The molecule has 0 aromatic rings. The first-order valence-corrected chi connectivity index (χ1v) is 7.19. The van der Waals surface area contributed by atoms with Gasteiger partial charge in [0, 0.05) is 0 Å². The molecule has 0 aromatic carbocycles. The van der Waals surface area contributed by atoms with Crippen LogP contribution in [-0.4, -0.2) is 17.6 Å². The maximum Gasteiger partial charge on any atom is 0.0681 e. The maximum absolute atomic E-state index is 2.45. The lowest BCUT2D eigenvalue weighted by Crippen LogP contribution is -2.18. The predicted molar refractivity (Wildman–Crippen MR) is 37.2 cm³/mol. The van der Waals surface area contributed by atoms with Crippen molar-refractivity contribution in [1.29, 1.82) is 0 Å². The molecule has 1 rings (SSSR count). The van der Waals surface area contributed by atoms with Crippen LogP contribution in [0.2, 0.25) is 18.8 Å². The SMILES string of the molecule is C[Si]1(C)C=C[Si]C1. The van der Waals surface area contributed by atoms with Crippen LogP contribution in [0.15, 0.2) is 11.4 Å². The Kier molecular flexibility index (Phi) is 1.21. The van der Waals surface area contributed by atoms with Gasteiger partial charge in [-0.3, -0.25) is 0 Å². The summed E-state index contributed by atoms with van der Waals surface area (Å²) in [5, 5.41) is 0. The number of hydrogen-bond donors (Lipinski definition) is 0. The molecule has 0 atom stereocenters. The van der Waals surface area contributed by atoms with Gasteiger partial charge in [0.05, 0.1) is 17.6 Å². The Morgan fingerprint density at radius 1 is 1.57 bits per heavy atom. The normalized spacial score (nSPS) is 26.0. The van der Waals surface area contributed by atoms with Gasteiger partial charge in [-0.15, -0.1) is 11.4 Å². The van der Waals surface area contributed by atoms with Crippen molar-refractivity contribution in [3.8, 4) is 0 Å². The second-order valence-electron chi connectivity index (χ2n) is 2.70. The zero-order valence-corrected chi connectivity index (χ0v) is 6.86. The van der Waals surface area contributed by atoms with Gasteiger partial charge >= 0.3 is 0 Å². The van der Waals surface area contributed by atoms with E-state index in [1.54, 1.807) is 0 Å². The van der Waals surface area contributed by atoms with Crippen LogP contribution < -0.4 is 0 Å². The fourth-order valence-electron chi connectivity index (χ4n) is 0.665. The summed E-state index contributed by atoms with van der Waals surface area (Å²) in [6, 6.07) is 0. The lowest BCUT2D eigenvalue weighted by molar-refractivity contribution is 1.73. The summed E-state index contributed by atoms with van der Waals surface area (Å²) >= 11 is 0. The highest BCUT2D eigenvalue weighted by atomic mass is 28.4. The van der Waals surface area contributed by atoms with Gasteiger partial charge in [0.1, 0.15) is 0 Å².